The fourth-order valence-electron chi connectivity index (χ4n) is 2.84. The van der Waals surface area contributed by atoms with Gasteiger partial charge in [0.25, 0.3) is 0 Å². The number of ketones is 1. The van der Waals surface area contributed by atoms with Gasteiger partial charge >= 0.3 is 0 Å². The Morgan fingerprint density at radius 1 is 1.06 bits per heavy atom. The Morgan fingerprint density at radius 2 is 1.61 bits per heavy atom. The summed E-state index contributed by atoms with van der Waals surface area (Å²) in [5.41, 5.74) is 1.34. The van der Waals surface area contributed by atoms with Gasteiger partial charge in [0.05, 0.1) is 0 Å². The number of benzene rings is 1. The molecule has 0 aliphatic carbocycles. The number of likely N-dealkylation sites (tertiary alicyclic amines) is 1. The van der Waals surface area contributed by atoms with Gasteiger partial charge in [0.1, 0.15) is 5.78 Å². The van der Waals surface area contributed by atoms with E-state index in [0.717, 1.165) is 32.5 Å². The molecular weight excluding hydrogens is 222 g/mol. The van der Waals surface area contributed by atoms with E-state index in [1.54, 1.807) is 0 Å². The standard InChI is InChI=1S/C16H23NO/c1-3-14-11-17(12-15(4-2)16(14)18)10-13-8-6-5-7-9-13/h5-9,14-15H,3-4,10-12H2,1-2H3/t14-,15-/m0/s1. The van der Waals surface area contributed by atoms with Crippen LogP contribution in [-0.2, 0) is 11.3 Å². The maximum absolute atomic E-state index is 12.2. The number of carbonyl (C=O) groups is 1. The molecule has 2 heteroatoms. The maximum atomic E-state index is 12.2. The summed E-state index contributed by atoms with van der Waals surface area (Å²) in [6.07, 6.45) is 1.95. The average molecular weight is 245 g/mol. The van der Waals surface area contributed by atoms with Gasteiger partial charge in [-0.25, -0.2) is 0 Å². The Labute approximate surface area is 110 Å². The van der Waals surface area contributed by atoms with Crippen LogP contribution in [0.2, 0.25) is 0 Å². The van der Waals surface area contributed by atoms with Gasteiger partial charge in [0, 0.05) is 31.5 Å². The summed E-state index contributed by atoms with van der Waals surface area (Å²) < 4.78 is 0. The fourth-order valence-corrected chi connectivity index (χ4v) is 2.84. The maximum Gasteiger partial charge on any atom is 0.141 e. The molecule has 1 aromatic carbocycles. The van der Waals surface area contributed by atoms with Gasteiger partial charge in [0.2, 0.25) is 0 Å². The largest absolute Gasteiger partial charge is 0.299 e. The molecule has 0 bridgehead atoms. The summed E-state index contributed by atoms with van der Waals surface area (Å²) >= 11 is 0. The Morgan fingerprint density at radius 3 is 2.11 bits per heavy atom. The van der Waals surface area contributed by atoms with Gasteiger partial charge in [0.15, 0.2) is 0 Å². The predicted molar refractivity (Wildman–Crippen MR) is 74.3 cm³/mol. The molecule has 0 radical (unpaired) electrons. The summed E-state index contributed by atoms with van der Waals surface area (Å²) in [6.45, 7) is 7.09. The summed E-state index contributed by atoms with van der Waals surface area (Å²) in [5.74, 6) is 0.976. The van der Waals surface area contributed by atoms with Crippen molar-refractivity contribution in [1.29, 1.82) is 0 Å². The smallest absolute Gasteiger partial charge is 0.141 e. The molecule has 1 saturated heterocycles. The van der Waals surface area contributed by atoms with Crippen LogP contribution in [0.5, 0.6) is 0 Å². The quantitative estimate of drug-likeness (QED) is 0.812. The van der Waals surface area contributed by atoms with Gasteiger partial charge in [-0.15, -0.1) is 0 Å². The normalized spacial score (nSPS) is 25.3. The van der Waals surface area contributed by atoms with Gasteiger partial charge in [-0.2, -0.15) is 0 Å². The molecule has 2 atom stereocenters. The van der Waals surface area contributed by atoms with E-state index >= 15 is 0 Å². The summed E-state index contributed by atoms with van der Waals surface area (Å²) in [7, 11) is 0. The van der Waals surface area contributed by atoms with Crippen molar-refractivity contribution in [3.8, 4) is 0 Å². The molecule has 0 saturated carbocycles. The zero-order valence-electron chi connectivity index (χ0n) is 11.4. The van der Waals surface area contributed by atoms with Crippen molar-refractivity contribution in [2.75, 3.05) is 13.1 Å². The molecule has 2 rings (SSSR count). The van der Waals surface area contributed by atoms with Crippen LogP contribution in [0.25, 0.3) is 0 Å². The van der Waals surface area contributed by atoms with E-state index < -0.39 is 0 Å². The molecule has 1 aromatic rings. The number of rotatable bonds is 4. The topological polar surface area (TPSA) is 20.3 Å². The number of Topliss-reactive ketones (excluding diaryl/α,β-unsaturated/α-hetero) is 1. The number of carbonyl (C=O) groups excluding carboxylic acids is 1. The SMILES string of the molecule is CC[C@H]1CN(Cc2ccccc2)C[C@H](CC)C1=O. The number of hydrogen-bond acceptors (Lipinski definition) is 2. The van der Waals surface area contributed by atoms with Crippen LogP contribution in [0.1, 0.15) is 32.3 Å². The van der Waals surface area contributed by atoms with Crippen LogP contribution in [-0.4, -0.2) is 23.8 Å². The molecule has 98 valence electrons. The lowest BCUT2D eigenvalue weighted by atomic mass is 9.84. The Bertz CT molecular complexity index is 371. The lowest BCUT2D eigenvalue weighted by molar-refractivity contribution is -0.131. The van der Waals surface area contributed by atoms with E-state index in [4.69, 9.17) is 0 Å². The zero-order valence-corrected chi connectivity index (χ0v) is 11.4. The number of piperidine rings is 1. The van der Waals surface area contributed by atoms with Crippen LogP contribution in [0.15, 0.2) is 30.3 Å². The first kappa shape index (κ1) is 13.3. The van der Waals surface area contributed by atoms with E-state index in [-0.39, 0.29) is 11.8 Å². The lowest BCUT2D eigenvalue weighted by Crippen LogP contribution is -2.46. The second-order valence-corrected chi connectivity index (χ2v) is 5.29. The Kier molecular flexibility index (Phi) is 4.54. The monoisotopic (exact) mass is 245 g/mol. The van der Waals surface area contributed by atoms with Gasteiger partial charge in [-0.05, 0) is 18.4 Å². The van der Waals surface area contributed by atoms with E-state index in [1.807, 2.05) is 6.07 Å². The van der Waals surface area contributed by atoms with Crippen molar-refractivity contribution in [3.63, 3.8) is 0 Å². The number of nitrogens with zero attached hydrogens (tertiary/aromatic N) is 1. The summed E-state index contributed by atoms with van der Waals surface area (Å²) in [5, 5.41) is 0. The second kappa shape index (κ2) is 6.14. The molecule has 1 aliphatic heterocycles. The second-order valence-electron chi connectivity index (χ2n) is 5.29. The lowest BCUT2D eigenvalue weighted by Gasteiger charge is -2.36. The minimum absolute atomic E-state index is 0.243. The Hall–Kier alpha value is -1.15. The van der Waals surface area contributed by atoms with Crippen LogP contribution in [0, 0.1) is 11.8 Å². The van der Waals surface area contributed by atoms with Gasteiger partial charge < -0.3 is 0 Å². The first-order valence-corrected chi connectivity index (χ1v) is 7.04. The molecular formula is C16H23NO. The summed E-state index contributed by atoms with van der Waals surface area (Å²) in [6, 6.07) is 10.5. The third-order valence-corrected chi connectivity index (χ3v) is 4.00. The van der Waals surface area contributed by atoms with Crippen molar-refractivity contribution in [2.24, 2.45) is 11.8 Å². The minimum atomic E-state index is 0.243. The van der Waals surface area contributed by atoms with Crippen molar-refractivity contribution in [2.45, 2.75) is 33.2 Å². The molecule has 1 aliphatic rings. The van der Waals surface area contributed by atoms with Crippen LogP contribution in [0.4, 0.5) is 0 Å². The third-order valence-electron chi connectivity index (χ3n) is 4.00. The van der Waals surface area contributed by atoms with Crippen molar-refractivity contribution in [1.82, 2.24) is 4.90 Å². The molecule has 0 amide bonds. The predicted octanol–water partition coefficient (Wildman–Crippen LogP) is 3.12. The molecule has 0 spiro atoms. The highest BCUT2D eigenvalue weighted by Gasteiger charge is 2.32. The zero-order chi connectivity index (χ0) is 13.0. The van der Waals surface area contributed by atoms with E-state index in [0.29, 0.717) is 5.78 Å². The van der Waals surface area contributed by atoms with Gasteiger partial charge in [-0.1, -0.05) is 44.2 Å². The third kappa shape index (κ3) is 2.99. The van der Waals surface area contributed by atoms with Crippen LogP contribution in [0.3, 0.4) is 0 Å². The first-order valence-electron chi connectivity index (χ1n) is 7.04. The van der Waals surface area contributed by atoms with Crippen LogP contribution < -0.4 is 0 Å². The van der Waals surface area contributed by atoms with E-state index in [9.17, 15) is 4.79 Å². The minimum Gasteiger partial charge on any atom is -0.299 e. The number of hydrogen-bond donors (Lipinski definition) is 0. The van der Waals surface area contributed by atoms with Crippen molar-refractivity contribution >= 4 is 5.78 Å². The van der Waals surface area contributed by atoms with Crippen LogP contribution >= 0.6 is 0 Å². The van der Waals surface area contributed by atoms with Gasteiger partial charge in [-0.3, -0.25) is 9.69 Å². The first-order chi connectivity index (χ1) is 8.74. The molecule has 0 N–H and O–H groups in total. The highest BCUT2D eigenvalue weighted by molar-refractivity contribution is 5.84. The van der Waals surface area contributed by atoms with E-state index in [2.05, 4.69) is 43.0 Å². The summed E-state index contributed by atoms with van der Waals surface area (Å²) in [4.78, 5) is 14.6. The molecule has 0 unspecified atom stereocenters. The molecule has 1 fully saturated rings. The molecule has 2 nitrogen and oxygen atoms in total. The van der Waals surface area contributed by atoms with E-state index in [1.165, 1.54) is 5.56 Å². The Balaban J connectivity index is 2.03. The highest BCUT2D eigenvalue weighted by Crippen LogP contribution is 2.24. The highest BCUT2D eigenvalue weighted by atomic mass is 16.1. The fraction of sp³-hybridized carbons (Fsp3) is 0.562. The molecule has 18 heavy (non-hydrogen) atoms. The molecule has 0 aromatic heterocycles. The molecule has 1 heterocycles. The van der Waals surface area contributed by atoms with Crippen molar-refractivity contribution in [3.05, 3.63) is 35.9 Å². The average Bonchev–Trinajstić information content (AvgIpc) is 2.41. The van der Waals surface area contributed by atoms with Crippen molar-refractivity contribution < 1.29 is 4.79 Å².